The molecule has 10 N–H and O–H groups in total. The first-order chi connectivity index (χ1) is 16.3. The molecule has 16 heteroatoms. The lowest BCUT2D eigenvalue weighted by molar-refractivity contribution is -0.352. The fraction of sp³-hybridized carbons (Fsp3) is 0.842. The zero-order valence-corrected chi connectivity index (χ0v) is 18.9. The fourth-order valence-electron chi connectivity index (χ4n) is 4.08. The van der Waals surface area contributed by atoms with Crippen LogP contribution < -0.4 is 10.6 Å². The summed E-state index contributed by atoms with van der Waals surface area (Å²) in [6.07, 6.45) is -15.4. The molecule has 2 rings (SSSR count). The molecular weight excluding hydrogens is 480 g/mol. The van der Waals surface area contributed by atoms with E-state index in [1.807, 2.05) is 0 Å². The third-order valence-electron chi connectivity index (χ3n) is 5.76. The second-order valence-electron chi connectivity index (χ2n) is 8.43. The van der Waals surface area contributed by atoms with E-state index >= 15 is 0 Å². The molecule has 2 amide bonds. The molecule has 202 valence electrons. The number of carbonyl (C=O) groups excluding carboxylic acids is 2. The lowest BCUT2D eigenvalue weighted by atomic mass is 9.88. The minimum absolute atomic E-state index is 0.698. The van der Waals surface area contributed by atoms with Gasteiger partial charge in [-0.1, -0.05) is 0 Å². The highest BCUT2D eigenvalue weighted by molar-refractivity contribution is 5.77. The number of hydrogen-bond donors (Lipinski definition) is 10. The van der Waals surface area contributed by atoms with Crippen LogP contribution >= 0.6 is 0 Å². The van der Waals surface area contributed by atoms with Crippen molar-refractivity contribution >= 4 is 17.8 Å². The smallest absolute Gasteiger partial charge is 0.364 e. The molecule has 0 saturated carbocycles. The number of carbonyl (C=O) groups is 3. The molecule has 0 aromatic heterocycles. The number of amides is 2. The van der Waals surface area contributed by atoms with Crippen LogP contribution in [0.2, 0.25) is 0 Å². The lowest BCUT2D eigenvalue weighted by Gasteiger charge is -2.50. The maximum atomic E-state index is 12.3. The number of carboxylic acids is 1. The van der Waals surface area contributed by atoms with Crippen LogP contribution in [0.5, 0.6) is 0 Å². The first kappa shape index (κ1) is 29.2. The molecule has 0 aromatic rings. The van der Waals surface area contributed by atoms with Crippen molar-refractivity contribution in [1.29, 1.82) is 0 Å². The van der Waals surface area contributed by atoms with Crippen molar-refractivity contribution in [2.75, 3.05) is 13.2 Å². The van der Waals surface area contributed by atoms with Gasteiger partial charge in [0.25, 0.3) is 5.79 Å². The predicted molar refractivity (Wildman–Crippen MR) is 109 cm³/mol. The van der Waals surface area contributed by atoms with E-state index in [1.165, 1.54) is 0 Å². The maximum Gasteiger partial charge on any atom is 0.364 e. The second kappa shape index (κ2) is 11.8. The Morgan fingerprint density at radius 1 is 1.06 bits per heavy atom. The molecule has 16 nitrogen and oxygen atoms in total. The predicted octanol–water partition coefficient (Wildman–Crippen LogP) is -5.90. The summed E-state index contributed by atoms with van der Waals surface area (Å²) in [5, 5.41) is 85.1. The van der Waals surface area contributed by atoms with E-state index in [1.54, 1.807) is 0 Å². The third-order valence-corrected chi connectivity index (χ3v) is 5.76. The average molecular weight is 512 g/mol. The molecule has 2 heterocycles. The van der Waals surface area contributed by atoms with Crippen molar-refractivity contribution in [3.63, 3.8) is 0 Å². The van der Waals surface area contributed by atoms with Crippen molar-refractivity contribution in [2.45, 2.75) is 87.2 Å². The van der Waals surface area contributed by atoms with Gasteiger partial charge in [-0.15, -0.1) is 0 Å². The maximum absolute atomic E-state index is 12.3. The van der Waals surface area contributed by atoms with Gasteiger partial charge in [-0.25, -0.2) is 4.79 Å². The standard InChI is InChI=1S/C19H32N2O14/c1-6(24)20-11-8(26)3-19(18(31)32,34-15(11)13(28)9(27)4-22)35-16-12(21-7(2)25)17(30)33-10(5-23)14(16)29/h8-17,22-23,26-30H,3-5H2,1-2H3,(H,20,24)(H,21,25)(H,31,32)/t8-,9+,10+,11+,12+,13+,14+,15+,16+,17+,19-/m0/s1. The number of aliphatic carboxylic acids is 1. The van der Waals surface area contributed by atoms with Gasteiger partial charge in [0.1, 0.15) is 42.7 Å². The first-order valence-corrected chi connectivity index (χ1v) is 10.7. The molecule has 2 aliphatic rings. The lowest BCUT2D eigenvalue weighted by Crippen LogP contribution is -2.71. The zero-order valence-electron chi connectivity index (χ0n) is 18.9. The molecule has 2 saturated heterocycles. The fourth-order valence-corrected chi connectivity index (χ4v) is 4.08. The number of hydrogen-bond acceptors (Lipinski definition) is 13. The van der Waals surface area contributed by atoms with Crippen molar-refractivity contribution in [3.8, 4) is 0 Å². The van der Waals surface area contributed by atoms with E-state index < -0.39 is 104 Å². The summed E-state index contributed by atoms with van der Waals surface area (Å²) in [6, 6.07) is -3.02. The Balaban J connectivity index is 2.50. The summed E-state index contributed by atoms with van der Waals surface area (Å²) < 4.78 is 16.1. The van der Waals surface area contributed by atoms with Gasteiger partial charge < -0.3 is 65.7 Å². The van der Waals surface area contributed by atoms with Gasteiger partial charge in [0.15, 0.2) is 6.29 Å². The van der Waals surface area contributed by atoms with Gasteiger partial charge in [0.2, 0.25) is 11.8 Å². The third kappa shape index (κ3) is 6.42. The molecule has 35 heavy (non-hydrogen) atoms. The highest BCUT2D eigenvalue weighted by Gasteiger charge is 2.59. The number of rotatable bonds is 9. The Morgan fingerprint density at radius 3 is 2.11 bits per heavy atom. The van der Waals surface area contributed by atoms with Gasteiger partial charge in [-0.3, -0.25) is 9.59 Å². The molecule has 0 bridgehead atoms. The largest absolute Gasteiger partial charge is 0.477 e. The normalized spacial score (nSPS) is 39.3. The highest BCUT2D eigenvalue weighted by Crippen LogP contribution is 2.37. The van der Waals surface area contributed by atoms with Crippen LogP contribution in [0.1, 0.15) is 20.3 Å². The van der Waals surface area contributed by atoms with Gasteiger partial charge in [-0.2, -0.15) is 0 Å². The Kier molecular flexibility index (Phi) is 9.88. The van der Waals surface area contributed by atoms with Crippen LogP contribution in [0.4, 0.5) is 0 Å². The van der Waals surface area contributed by atoms with Crippen molar-refractivity contribution in [3.05, 3.63) is 0 Å². The quantitative estimate of drug-likeness (QED) is 0.138. The van der Waals surface area contributed by atoms with E-state index in [9.17, 15) is 55.2 Å². The van der Waals surface area contributed by atoms with E-state index in [4.69, 9.17) is 14.2 Å². The van der Waals surface area contributed by atoms with Gasteiger partial charge in [-0.05, 0) is 0 Å². The molecule has 11 atom stereocenters. The van der Waals surface area contributed by atoms with E-state index in [2.05, 4.69) is 10.6 Å². The summed E-state index contributed by atoms with van der Waals surface area (Å²) in [5.74, 6) is -6.16. The Hall–Kier alpha value is -1.99. The van der Waals surface area contributed by atoms with Crippen molar-refractivity contribution in [1.82, 2.24) is 10.6 Å². The van der Waals surface area contributed by atoms with Crippen LogP contribution in [0.3, 0.4) is 0 Å². The van der Waals surface area contributed by atoms with E-state index in [0.717, 1.165) is 13.8 Å². The molecule has 2 fully saturated rings. The number of ether oxygens (including phenoxy) is 3. The molecule has 0 unspecified atom stereocenters. The van der Waals surface area contributed by atoms with Crippen molar-refractivity contribution < 1.29 is 69.4 Å². The van der Waals surface area contributed by atoms with Crippen LogP contribution in [0, 0.1) is 0 Å². The monoisotopic (exact) mass is 512 g/mol. The molecule has 2 aliphatic heterocycles. The first-order valence-electron chi connectivity index (χ1n) is 10.7. The minimum atomic E-state index is -2.87. The Bertz CT molecular complexity index is 770. The number of aliphatic hydroxyl groups excluding tert-OH is 7. The van der Waals surface area contributed by atoms with Crippen LogP contribution in [-0.2, 0) is 28.6 Å². The number of nitrogens with one attached hydrogen (secondary N) is 2. The highest BCUT2D eigenvalue weighted by atomic mass is 16.7. The Morgan fingerprint density at radius 2 is 1.63 bits per heavy atom. The number of aliphatic hydroxyl groups is 7. The van der Waals surface area contributed by atoms with Crippen LogP contribution in [0.15, 0.2) is 0 Å². The Labute approximate surface area is 199 Å². The molecular formula is C19H32N2O14. The summed E-state index contributed by atoms with van der Waals surface area (Å²) in [7, 11) is 0. The average Bonchev–Trinajstić information content (AvgIpc) is 2.78. The summed E-state index contributed by atoms with van der Waals surface area (Å²) >= 11 is 0. The summed E-state index contributed by atoms with van der Waals surface area (Å²) in [5.41, 5.74) is 0. The topological polar surface area (TPSA) is 265 Å². The van der Waals surface area contributed by atoms with Crippen LogP contribution in [0.25, 0.3) is 0 Å². The molecule has 0 aliphatic carbocycles. The second-order valence-corrected chi connectivity index (χ2v) is 8.43. The SMILES string of the molecule is CC(=O)N[C@@H]1[C@@H](O[C@]2(C(=O)O)C[C@H](O)[C@@H](NC(C)=O)[C@H]([C@H](O)[C@H](O)CO)O2)[C@H](O)[C@@H](CO)O[C@H]1O. The van der Waals surface area contributed by atoms with Gasteiger partial charge in [0.05, 0.1) is 25.4 Å². The molecule has 0 radical (unpaired) electrons. The number of carboxylic acid groups (broad SMARTS) is 1. The van der Waals surface area contributed by atoms with E-state index in [0.29, 0.717) is 0 Å². The van der Waals surface area contributed by atoms with E-state index in [-0.39, 0.29) is 0 Å². The summed E-state index contributed by atoms with van der Waals surface area (Å²) in [4.78, 5) is 35.6. The van der Waals surface area contributed by atoms with Gasteiger partial charge in [0, 0.05) is 20.3 Å². The minimum Gasteiger partial charge on any atom is -0.477 e. The van der Waals surface area contributed by atoms with Gasteiger partial charge >= 0.3 is 5.97 Å². The zero-order chi connectivity index (χ0) is 26.7. The summed E-state index contributed by atoms with van der Waals surface area (Å²) in [6.45, 7) is 0.311. The van der Waals surface area contributed by atoms with Crippen LogP contribution in [-0.4, -0.2) is 139 Å². The van der Waals surface area contributed by atoms with Crippen molar-refractivity contribution in [2.24, 2.45) is 0 Å². The molecule has 0 aromatic carbocycles. The molecule has 0 spiro atoms.